The second-order valence-corrected chi connectivity index (χ2v) is 5.34. The van der Waals surface area contributed by atoms with E-state index in [1.807, 2.05) is 18.2 Å². The lowest BCUT2D eigenvalue weighted by Gasteiger charge is -2.19. The summed E-state index contributed by atoms with van der Waals surface area (Å²) in [4.78, 5) is 22.9. The number of ether oxygens (including phenoxy) is 1. The van der Waals surface area contributed by atoms with E-state index in [2.05, 4.69) is 5.32 Å². The van der Waals surface area contributed by atoms with Crippen molar-refractivity contribution in [2.45, 2.75) is 19.1 Å². The Bertz CT molecular complexity index is 658. The molecule has 0 aliphatic rings. The van der Waals surface area contributed by atoms with Crippen molar-refractivity contribution in [3.63, 3.8) is 0 Å². The Morgan fingerprint density at radius 1 is 1.04 bits per heavy atom. The molecule has 5 nitrogen and oxygen atoms in total. The summed E-state index contributed by atoms with van der Waals surface area (Å²) >= 11 is 5.78. The van der Waals surface area contributed by atoms with E-state index in [-0.39, 0.29) is 13.0 Å². The van der Waals surface area contributed by atoms with Gasteiger partial charge >= 0.3 is 6.09 Å². The molecular weight excluding hydrogens is 318 g/mol. The minimum Gasteiger partial charge on any atom is -0.548 e. The van der Waals surface area contributed by atoms with Crippen LogP contribution in [0.5, 0.6) is 0 Å². The zero-order chi connectivity index (χ0) is 16.7. The first-order chi connectivity index (χ1) is 11.0. The molecule has 1 N–H and O–H groups in total. The number of carboxylic acids is 1. The highest BCUT2D eigenvalue weighted by atomic mass is 35.5. The van der Waals surface area contributed by atoms with Gasteiger partial charge in [-0.25, -0.2) is 4.79 Å². The zero-order valence-corrected chi connectivity index (χ0v) is 13.0. The minimum atomic E-state index is -1.38. The molecule has 0 spiro atoms. The van der Waals surface area contributed by atoms with E-state index in [0.29, 0.717) is 10.6 Å². The summed E-state index contributed by atoms with van der Waals surface area (Å²) in [5.41, 5.74) is 1.53. The molecule has 0 unspecified atom stereocenters. The van der Waals surface area contributed by atoms with Crippen LogP contribution in [0.2, 0.25) is 5.02 Å². The number of halogens is 1. The predicted molar refractivity (Wildman–Crippen MR) is 83.7 cm³/mol. The highest BCUT2D eigenvalue weighted by Crippen LogP contribution is 2.11. The van der Waals surface area contributed by atoms with Gasteiger partial charge in [0.05, 0.1) is 12.0 Å². The highest BCUT2D eigenvalue weighted by Gasteiger charge is 2.15. The molecule has 0 bridgehead atoms. The fourth-order valence-electron chi connectivity index (χ4n) is 1.96. The molecule has 0 saturated carbocycles. The van der Waals surface area contributed by atoms with Crippen LogP contribution in [-0.4, -0.2) is 18.1 Å². The highest BCUT2D eigenvalue weighted by molar-refractivity contribution is 6.30. The number of aliphatic carboxylic acids is 1. The van der Waals surface area contributed by atoms with Gasteiger partial charge in [-0.05, 0) is 29.7 Å². The van der Waals surface area contributed by atoms with Crippen LogP contribution in [0.3, 0.4) is 0 Å². The van der Waals surface area contributed by atoms with E-state index in [4.69, 9.17) is 16.3 Å². The fraction of sp³-hybridized carbons (Fsp3) is 0.176. The summed E-state index contributed by atoms with van der Waals surface area (Å²) in [6.07, 6.45) is -0.725. The normalized spacial score (nSPS) is 11.5. The van der Waals surface area contributed by atoms with Crippen LogP contribution in [0, 0.1) is 0 Å². The molecule has 1 atom stereocenters. The SMILES string of the molecule is O=C(N[C@H](Cc1ccc(Cl)cc1)C(=O)[O-])OCc1ccccc1. The number of carbonyl (C=O) groups is 2. The first kappa shape index (κ1) is 16.8. The largest absolute Gasteiger partial charge is 0.548 e. The molecule has 120 valence electrons. The molecule has 0 saturated heterocycles. The Hall–Kier alpha value is -2.53. The molecule has 0 aliphatic carbocycles. The lowest BCUT2D eigenvalue weighted by atomic mass is 10.1. The Morgan fingerprint density at radius 3 is 2.30 bits per heavy atom. The summed E-state index contributed by atoms with van der Waals surface area (Å²) in [6.45, 7) is 0.0629. The molecule has 0 radical (unpaired) electrons. The van der Waals surface area contributed by atoms with Crippen LogP contribution in [0.25, 0.3) is 0 Å². The van der Waals surface area contributed by atoms with E-state index in [9.17, 15) is 14.7 Å². The van der Waals surface area contributed by atoms with Gasteiger partial charge in [-0.15, -0.1) is 0 Å². The maximum atomic E-state index is 11.7. The number of nitrogens with one attached hydrogen (secondary N) is 1. The topological polar surface area (TPSA) is 78.5 Å². The molecular formula is C17H15ClNO4-. The van der Waals surface area contributed by atoms with Gasteiger partial charge in [0, 0.05) is 5.02 Å². The van der Waals surface area contributed by atoms with Crippen molar-refractivity contribution in [1.29, 1.82) is 0 Å². The van der Waals surface area contributed by atoms with E-state index in [1.165, 1.54) is 0 Å². The van der Waals surface area contributed by atoms with Gasteiger partial charge in [0.1, 0.15) is 6.61 Å². The van der Waals surface area contributed by atoms with Crippen molar-refractivity contribution in [2.24, 2.45) is 0 Å². The van der Waals surface area contributed by atoms with Crippen molar-refractivity contribution in [1.82, 2.24) is 5.32 Å². The average Bonchev–Trinajstić information content (AvgIpc) is 2.55. The quantitative estimate of drug-likeness (QED) is 0.876. The molecule has 0 heterocycles. The molecule has 2 aromatic rings. The molecule has 1 amide bonds. The molecule has 2 rings (SSSR count). The molecule has 6 heteroatoms. The third kappa shape index (κ3) is 5.64. The fourth-order valence-corrected chi connectivity index (χ4v) is 2.08. The second kappa shape index (κ2) is 8.19. The third-order valence-electron chi connectivity index (χ3n) is 3.14. The molecule has 2 aromatic carbocycles. The molecule has 0 aromatic heterocycles. The molecule has 0 fully saturated rings. The van der Waals surface area contributed by atoms with Crippen LogP contribution in [-0.2, 0) is 22.6 Å². The lowest BCUT2D eigenvalue weighted by Crippen LogP contribution is -2.49. The number of rotatable bonds is 6. The number of hydrogen-bond acceptors (Lipinski definition) is 4. The van der Waals surface area contributed by atoms with Gasteiger partial charge in [0.25, 0.3) is 0 Å². The Balaban J connectivity index is 1.89. The number of carboxylic acid groups (broad SMARTS) is 1. The molecule has 0 aliphatic heterocycles. The van der Waals surface area contributed by atoms with Crippen molar-refractivity contribution in [3.05, 3.63) is 70.7 Å². The number of carbonyl (C=O) groups excluding carboxylic acids is 2. The van der Waals surface area contributed by atoms with Crippen LogP contribution in [0.15, 0.2) is 54.6 Å². The van der Waals surface area contributed by atoms with E-state index in [1.54, 1.807) is 36.4 Å². The number of alkyl carbamates (subject to hydrolysis) is 1. The van der Waals surface area contributed by atoms with Crippen LogP contribution < -0.4 is 10.4 Å². The number of hydrogen-bond donors (Lipinski definition) is 1. The summed E-state index contributed by atoms with van der Waals surface area (Å²) in [6, 6.07) is 14.6. The van der Waals surface area contributed by atoms with Crippen LogP contribution in [0.4, 0.5) is 4.79 Å². The minimum absolute atomic E-state index is 0.0629. The predicted octanol–water partition coefficient (Wildman–Crippen LogP) is 1.93. The maximum Gasteiger partial charge on any atom is 0.408 e. The second-order valence-electron chi connectivity index (χ2n) is 4.91. The first-order valence-corrected chi connectivity index (χ1v) is 7.35. The summed E-state index contributed by atoms with van der Waals surface area (Å²) in [5.74, 6) is -1.38. The van der Waals surface area contributed by atoms with E-state index in [0.717, 1.165) is 5.56 Å². The van der Waals surface area contributed by atoms with Crippen molar-refractivity contribution < 1.29 is 19.4 Å². The van der Waals surface area contributed by atoms with Gasteiger partial charge in [-0.1, -0.05) is 54.1 Å². The van der Waals surface area contributed by atoms with Gasteiger partial charge in [0.2, 0.25) is 0 Å². The standard InChI is InChI=1S/C17H16ClNO4/c18-14-8-6-12(7-9-14)10-15(16(20)21)19-17(22)23-11-13-4-2-1-3-5-13/h1-9,15H,10-11H2,(H,19,22)(H,20,21)/p-1/t15-/m1/s1. The summed E-state index contributed by atoms with van der Waals surface area (Å²) in [7, 11) is 0. The van der Waals surface area contributed by atoms with Crippen molar-refractivity contribution in [3.8, 4) is 0 Å². The smallest absolute Gasteiger partial charge is 0.408 e. The van der Waals surface area contributed by atoms with Crippen molar-refractivity contribution >= 4 is 23.7 Å². The van der Waals surface area contributed by atoms with Gasteiger partial charge < -0.3 is 20.0 Å². The zero-order valence-electron chi connectivity index (χ0n) is 12.2. The summed E-state index contributed by atoms with van der Waals surface area (Å²) in [5, 5.41) is 14.0. The monoisotopic (exact) mass is 332 g/mol. The Morgan fingerprint density at radius 2 is 1.70 bits per heavy atom. The number of amides is 1. The van der Waals surface area contributed by atoms with Crippen LogP contribution in [0.1, 0.15) is 11.1 Å². The van der Waals surface area contributed by atoms with Gasteiger partial charge in [0.15, 0.2) is 0 Å². The van der Waals surface area contributed by atoms with E-state index >= 15 is 0 Å². The summed E-state index contributed by atoms with van der Waals surface area (Å²) < 4.78 is 5.00. The lowest BCUT2D eigenvalue weighted by molar-refractivity contribution is -0.308. The first-order valence-electron chi connectivity index (χ1n) is 6.97. The number of benzene rings is 2. The van der Waals surface area contributed by atoms with Crippen LogP contribution >= 0.6 is 11.6 Å². The average molecular weight is 333 g/mol. The van der Waals surface area contributed by atoms with Gasteiger partial charge in [-0.3, -0.25) is 0 Å². The Labute approximate surface area is 138 Å². The maximum absolute atomic E-state index is 11.7. The third-order valence-corrected chi connectivity index (χ3v) is 3.39. The van der Waals surface area contributed by atoms with Crippen molar-refractivity contribution in [2.75, 3.05) is 0 Å². The van der Waals surface area contributed by atoms with Gasteiger partial charge in [-0.2, -0.15) is 0 Å². The van der Waals surface area contributed by atoms with E-state index < -0.39 is 18.1 Å². The Kier molecular flexibility index (Phi) is 6.00. The molecule has 23 heavy (non-hydrogen) atoms.